The summed E-state index contributed by atoms with van der Waals surface area (Å²) in [6.45, 7) is 0. The van der Waals surface area contributed by atoms with Crippen molar-refractivity contribution in [2.75, 3.05) is 0 Å². The Morgan fingerprint density at radius 3 is 1.89 bits per heavy atom. The van der Waals surface area contributed by atoms with E-state index in [0.717, 1.165) is 5.56 Å². The average Bonchev–Trinajstić information content (AvgIpc) is 2.69. The largest absolute Gasteiger partial charge is 0.481 e. The van der Waals surface area contributed by atoms with E-state index >= 15 is 0 Å². The van der Waals surface area contributed by atoms with Gasteiger partial charge in [0.2, 0.25) is 0 Å². The monoisotopic (exact) mass is 378 g/mol. The molecule has 136 valence electrons. The molecule has 0 saturated heterocycles. The summed E-state index contributed by atoms with van der Waals surface area (Å²) in [5.41, 5.74) is 2.03. The average molecular weight is 379 g/mol. The molecule has 2 atom stereocenters. The van der Waals surface area contributed by atoms with Gasteiger partial charge in [0.15, 0.2) is 5.78 Å². The standard InChI is InChI=1S/C23H19ClO3/c24-19-13-11-16(12-14-19)20(15-21(25)17-7-3-1-4-8-17)22(23(26)27)18-9-5-2-6-10-18/h1-14,20,22H,15H2,(H,26,27). The van der Waals surface area contributed by atoms with Crippen molar-refractivity contribution in [2.24, 2.45) is 0 Å². The molecule has 4 heteroatoms. The Bertz CT molecular complexity index is 905. The highest BCUT2D eigenvalue weighted by atomic mass is 35.5. The predicted molar refractivity (Wildman–Crippen MR) is 106 cm³/mol. The van der Waals surface area contributed by atoms with Crippen LogP contribution >= 0.6 is 11.6 Å². The van der Waals surface area contributed by atoms with Crippen molar-refractivity contribution in [3.63, 3.8) is 0 Å². The molecule has 0 amide bonds. The van der Waals surface area contributed by atoms with Crippen LogP contribution in [-0.4, -0.2) is 16.9 Å². The molecule has 0 saturated carbocycles. The number of hydrogen-bond acceptors (Lipinski definition) is 2. The lowest BCUT2D eigenvalue weighted by atomic mass is 9.78. The number of benzene rings is 3. The fourth-order valence-electron chi connectivity index (χ4n) is 3.29. The van der Waals surface area contributed by atoms with Crippen molar-refractivity contribution in [3.05, 3.63) is 107 Å². The van der Waals surface area contributed by atoms with Crippen LogP contribution in [0.5, 0.6) is 0 Å². The zero-order valence-electron chi connectivity index (χ0n) is 14.6. The Labute approximate surface area is 163 Å². The molecule has 0 fully saturated rings. The van der Waals surface area contributed by atoms with Crippen LogP contribution in [0, 0.1) is 0 Å². The molecule has 0 bridgehead atoms. The number of carboxylic acids is 1. The topological polar surface area (TPSA) is 54.4 Å². The minimum absolute atomic E-state index is 0.0854. The summed E-state index contributed by atoms with van der Waals surface area (Å²) in [5.74, 6) is -2.38. The highest BCUT2D eigenvalue weighted by molar-refractivity contribution is 6.30. The van der Waals surface area contributed by atoms with E-state index in [9.17, 15) is 14.7 Å². The van der Waals surface area contributed by atoms with Crippen molar-refractivity contribution >= 4 is 23.4 Å². The number of aliphatic carboxylic acids is 1. The fourth-order valence-corrected chi connectivity index (χ4v) is 3.41. The first-order valence-electron chi connectivity index (χ1n) is 8.67. The van der Waals surface area contributed by atoms with Crippen LogP contribution in [0.15, 0.2) is 84.9 Å². The quantitative estimate of drug-likeness (QED) is 0.547. The van der Waals surface area contributed by atoms with Gasteiger partial charge >= 0.3 is 5.97 Å². The van der Waals surface area contributed by atoms with E-state index in [1.165, 1.54) is 0 Å². The zero-order chi connectivity index (χ0) is 19.2. The molecule has 2 unspecified atom stereocenters. The van der Waals surface area contributed by atoms with Crippen LogP contribution in [0.4, 0.5) is 0 Å². The van der Waals surface area contributed by atoms with E-state index < -0.39 is 17.8 Å². The molecule has 3 aromatic rings. The van der Waals surface area contributed by atoms with E-state index in [0.29, 0.717) is 16.1 Å². The van der Waals surface area contributed by atoms with Gasteiger partial charge in [0.05, 0.1) is 5.92 Å². The summed E-state index contributed by atoms with van der Waals surface area (Å²) < 4.78 is 0. The van der Waals surface area contributed by atoms with Gasteiger partial charge in [-0.05, 0) is 23.3 Å². The molecule has 0 radical (unpaired) electrons. The van der Waals surface area contributed by atoms with Gasteiger partial charge in [0.25, 0.3) is 0 Å². The van der Waals surface area contributed by atoms with E-state index in [1.54, 1.807) is 60.7 Å². The van der Waals surface area contributed by atoms with Crippen LogP contribution < -0.4 is 0 Å². The van der Waals surface area contributed by atoms with Gasteiger partial charge in [-0.1, -0.05) is 84.4 Å². The molecular formula is C23H19ClO3. The summed E-state index contributed by atoms with van der Waals surface area (Å²) in [5, 5.41) is 10.5. The van der Waals surface area contributed by atoms with Crippen LogP contribution in [-0.2, 0) is 4.79 Å². The second-order valence-electron chi connectivity index (χ2n) is 6.38. The lowest BCUT2D eigenvalue weighted by molar-refractivity contribution is -0.139. The normalized spacial score (nSPS) is 12.9. The molecule has 0 heterocycles. The van der Waals surface area contributed by atoms with Crippen molar-refractivity contribution in [1.29, 1.82) is 0 Å². The molecule has 3 nitrogen and oxygen atoms in total. The van der Waals surface area contributed by atoms with Gasteiger partial charge in [-0.2, -0.15) is 0 Å². The highest BCUT2D eigenvalue weighted by Crippen LogP contribution is 2.37. The minimum Gasteiger partial charge on any atom is -0.481 e. The maximum atomic E-state index is 12.8. The second-order valence-corrected chi connectivity index (χ2v) is 6.81. The van der Waals surface area contributed by atoms with Crippen LogP contribution in [0.3, 0.4) is 0 Å². The van der Waals surface area contributed by atoms with E-state index in [4.69, 9.17) is 11.6 Å². The van der Waals surface area contributed by atoms with Gasteiger partial charge < -0.3 is 5.11 Å². The maximum Gasteiger partial charge on any atom is 0.311 e. The van der Waals surface area contributed by atoms with Crippen LogP contribution in [0.25, 0.3) is 0 Å². The number of hydrogen-bond donors (Lipinski definition) is 1. The lowest BCUT2D eigenvalue weighted by Crippen LogP contribution is -2.22. The summed E-state index contributed by atoms with van der Waals surface area (Å²) in [6.07, 6.45) is 0.0947. The number of Topliss-reactive ketones (excluding diaryl/α,β-unsaturated/α-hetero) is 1. The second kappa shape index (κ2) is 8.65. The van der Waals surface area contributed by atoms with Crippen molar-refractivity contribution < 1.29 is 14.7 Å². The van der Waals surface area contributed by atoms with Gasteiger partial charge in [0, 0.05) is 22.9 Å². The van der Waals surface area contributed by atoms with Gasteiger partial charge in [0.1, 0.15) is 0 Å². The lowest BCUT2D eigenvalue weighted by Gasteiger charge is -2.24. The first kappa shape index (κ1) is 18.9. The fraction of sp³-hybridized carbons (Fsp3) is 0.130. The number of carboxylic acid groups (broad SMARTS) is 1. The number of carbonyl (C=O) groups excluding carboxylic acids is 1. The molecule has 0 aliphatic carbocycles. The molecule has 0 spiro atoms. The SMILES string of the molecule is O=C(CC(c1ccc(Cl)cc1)C(C(=O)O)c1ccccc1)c1ccccc1. The van der Waals surface area contributed by atoms with Gasteiger partial charge in [-0.25, -0.2) is 0 Å². The molecule has 0 aliphatic rings. The molecule has 27 heavy (non-hydrogen) atoms. The van der Waals surface area contributed by atoms with Crippen LogP contribution in [0.1, 0.15) is 39.7 Å². The Hall–Kier alpha value is -2.91. The predicted octanol–water partition coefficient (Wildman–Crippen LogP) is 5.57. The Kier molecular flexibility index (Phi) is 6.05. The molecule has 0 aromatic heterocycles. The first-order chi connectivity index (χ1) is 13.1. The molecule has 0 aliphatic heterocycles. The van der Waals surface area contributed by atoms with Crippen molar-refractivity contribution in [1.82, 2.24) is 0 Å². The summed E-state index contributed by atoms with van der Waals surface area (Å²) in [6, 6.07) is 25.0. The molecule has 3 aromatic carbocycles. The van der Waals surface area contributed by atoms with Gasteiger partial charge in [-0.3, -0.25) is 9.59 Å². The number of carbonyl (C=O) groups is 2. The van der Waals surface area contributed by atoms with Crippen LogP contribution in [0.2, 0.25) is 5.02 Å². The smallest absolute Gasteiger partial charge is 0.311 e. The number of rotatable bonds is 7. The van der Waals surface area contributed by atoms with Crippen molar-refractivity contribution in [2.45, 2.75) is 18.3 Å². The third-order valence-electron chi connectivity index (χ3n) is 4.63. The minimum atomic E-state index is -0.956. The summed E-state index contributed by atoms with van der Waals surface area (Å²) >= 11 is 5.99. The summed E-state index contributed by atoms with van der Waals surface area (Å²) in [7, 11) is 0. The molecule has 3 rings (SSSR count). The molecular weight excluding hydrogens is 360 g/mol. The molecule has 1 N–H and O–H groups in total. The van der Waals surface area contributed by atoms with Crippen molar-refractivity contribution in [3.8, 4) is 0 Å². The van der Waals surface area contributed by atoms with E-state index in [-0.39, 0.29) is 12.2 Å². The third-order valence-corrected chi connectivity index (χ3v) is 4.88. The van der Waals surface area contributed by atoms with E-state index in [1.807, 2.05) is 24.3 Å². The Morgan fingerprint density at radius 1 is 0.778 bits per heavy atom. The van der Waals surface area contributed by atoms with E-state index in [2.05, 4.69) is 0 Å². The Balaban J connectivity index is 2.02. The van der Waals surface area contributed by atoms with Gasteiger partial charge in [-0.15, -0.1) is 0 Å². The highest BCUT2D eigenvalue weighted by Gasteiger charge is 2.32. The Morgan fingerprint density at radius 2 is 1.33 bits per heavy atom. The third kappa shape index (κ3) is 4.63. The maximum absolute atomic E-state index is 12.8. The summed E-state index contributed by atoms with van der Waals surface area (Å²) in [4.78, 5) is 25.0. The number of halogens is 1. The number of ketones is 1. The first-order valence-corrected chi connectivity index (χ1v) is 9.05. The zero-order valence-corrected chi connectivity index (χ0v) is 15.3.